The molecule has 72 valence electrons. The van der Waals surface area contributed by atoms with Crippen LogP contribution in [0.15, 0.2) is 12.1 Å². The minimum Gasteiger partial charge on any atom is -0.218 e. The largest absolute Gasteiger partial charge is 0.224 e. The summed E-state index contributed by atoms with van der Waals surface area (Å²) in [6, 6.07) is 3.20. The van der Waals surface area contributed by atoms with Crippen LogP contribution in [-0.2, 0) is 0 Å². The predicted molar refractivity (Wildman–Crippen MR) is 59.6 cm³/mol. The number of benzene rings is 1. The van der Waals surface area contributed by atoms with E-state index < -0.39 is 0 Å². The molecule has 0 unspecified atom stereocenters. The number of fused-ring (bicyclic) bond motifs is 1. The van der Waals surface area contributed by atoms with Crippen LogP contribution in [0.3, 0.4) is 0 Å². The fourth-order valence-electron chi connectivity index (χ4n) is 1.06. The van der Waals surface area contributed by atoms with Crippen LogP contribution in [0.4, 0.5) is 0 Å². The Bertz CT molecular complexity index is 512. The zero-order chi connectivity index (χ0) is 10.3. The Balaban J connectivity index is 2.89. The summed E-state index contributed by atoms with van der Waals surface area (Å²) in [7, 11) is 0. The maximum atomic E-state index is 5.85. The molecule has 0 aliphatic rings. The fraction of sp³-hybridized carbons (Fsp3) is 0. The molecule has 0 saturated carbocycles. The average molecular weight is 268 g/mol. The first-order valence-corrected chi connectivity index (χ1v) is 5.07. The van der Waals surface area contributed by atoms with Crippen LogP contribution in [0.25, 0.3) is 10.9 Å². The van der Waals surface area contributed by atoms with Crippen molar-refractivity contribution in [1.29, 1.82) is 0 Å². The Morgan fingerprint density at radius 3 is 2.21 bits per heavy atom. The van der Waals surface area contributed by atoms with Gasteiger partial charge in [-0.05, 0) is 23.7 Å². The van der Waals surface area contributed by atoms with Gasteiger partial charge in [0.25, 0.3) is 0 Å². The molecule has 0 fully saturated rings. The first kappa shape index (κ1) is 10.2. The molecule has 2 rings (SSSR count). The second-order valence-corrected chi connectivity index (χ2v) is 4.08. The van der Waals surface area contributed by atoms with Gasteiger partial charge in [-0.15, -0.1) is 0 Å². The van der Waals surface area contributed by atoms with Crippen LogP contribution in [0.2, 0.25) is 20.5 Å². The van der Waals surface area contributed by atoms with Crippen molar-refractivity contribution < 1.29 is 0 Å². The molecule has 0 N–H and O–H groups in total. The Morgan fingerprint density at radius 1 is 0.857 bits per heavy atom. The van der Waals surface area contributed by atoms with Gasteiger partial charge in [-0.2, -0.15) is 0 Å². The molecule has 0 saturated heterocycles. The highest BCUT2D eigenvalue weighted by atomic mass is 35.5. The first-order chi connectivity index (χ1) is 6.58. The van der Waals surface area contributed by atoms with Crippen molar-refractivity contribution >= 4 is 57.3 Å². The van der Waals surface area contributed by atoms with Gasteiger partial charge in [-0.3, -0.25) is 0 Å². The van der Waals surface area contributed by atoms with Crippen LogP contribution >= 0.6 is 46.4 Å². The van der Waals surface area contributed by atoms with Gasteiger partial charge >= 0.3 is 0 Å². The highest BCUT2D eigenvalue weighted by Gasteiger charge is 2.07. The molecule has 0 radical (unpaired) electrons. The molecule has 6 heteroatoms. The number of hydrogen-bond acceptors (Lipinski definition) is 2. The van der Waals surface area contributed by atoms with E-state index in [9.17, 15) is 0 Å². The van der Waals surface area contributed by atoms with Gasteiger partial charge in [0.1, 0.15) is 5.15 Å². The van der Waals surface area contributed by atoms with E-state index in [0.29, 0.717) is 20.9 Å². The predicted octanol–water partition coefficient (Wildman–Crippen LogP) is 4.24. The molecule has 1 aromatic carbocycles. The number of halogens is 4. The second-order valence-electron chi connectivity index (χ2n) is 2.57. The van der Waals surface area contributed by atoms with Gasteiger partial charge in [0.05, 0.1) is 15.6 Å². The lowest BCUT2D eigenvalue weighted by Gasteiger charge is -2.02. The average Bonchev–Trinajstić information content (AvgIpc) is 2.08. The summed E-state index contributed by atoms with van der Waals surface area (Å²) in [6.07, 6.45) is 0. The molecule has 2 aromatic rings. The Hall–Kier alpha value is -0.280. The maximum Gasteiger partial charge on any atom is 0.224 e. The molecule has 14 heavy (non-hydrogen) atoms. The fourth-order valence-corrected chi connectivity index (χ4v) is 1.83. The van der Waals surface area contributed by atoms with E-state index in [1.165, 1.54) is 0 Å². The third kappa shape index (κ3) is 1.75. The van der Waals surface area contributed by atoms with E-state index in [1.807, 2.05) is 0 Å². The third-order valence-corrected chi connectivity index (χ3v) is 2.84. The lowest BCUT2D eigenvalue weighted by Crippen LogP contribution is -1.86. The molecule has 1 aromatic heterocycles. The second kappa shape index (κ2) is 3.70. The summed E-state index contributed by atoms with van der Waals surface area (Å²) in [5.41, 5.74) is 0.574. The van der Waals surface area contributed by atoms with Crippen molar-refractivity contribution in [3.63, 3.8) is 0 Å². The number of nitrogens with zero attached hydrogens (tertiary/aromatic N) is 2. The molecule has 1 heterocycles. The molecule has 0 bridgehead atoms. The van der Waals surface area contributed by atoms with E-state index in [1.54, 1.807) is 12.1 Å². The molecule has 0 atom stereocenters. The lowest BCUT2D eigenvalue weighted by atomic mass is 10.2. The van der Waals surface area contributed by atoms with Crippen molar-refractivity contribution in [3.8, 4) is 0 Å². The summed E-state index contributed by atoms with van der Waals surface area (Å²) >= 11 is 23.1. The van der Waals surface area contributed by atoms with Gasteiger partial charge in [-0.1, -0.05) is 34.8 Å². The zero-order valence-electron chi connectivity index (χ0n) is 6.56. The third-order valence-electron chi connectivity index (χ3n) is 1.66. The molecule has 0 aliphatic heterocycles. The topological polar surface area (TPSA) is 25.8 Å². The summed E-state index contributed by atoms with van der Waals surface area (Å²) in [4.78, 5) is 7.76. The molecular weight excluding hydrogens is 266 g/mol. The number of hydrogen-bond donors (Lipinski definition) is 0. The Labute approximate surface area is 99.8 Å². The normalized spacial score (nSPS) is 10.9. The molecule has 2 nitrogen and oxygen atoms in total. The van der Waals surface area contributed by atoms with Gasteiger partial charge < -0.3 is 0 Å². The van der Waals surface area contributed by atoms with Crippen molar-refractivity contribution in [2.45, 2.75) is 0 Å². The molecule has 0 aliphatic carbocycles. The summed E-state index contributed by atoms with van der Waals surface area (Å²) < 4.78 is 0. The van der Waals surface area contributed by atoms with Gasteiger partial charge in [-0.25, -0.2) is 9.97 Å². The zero-order valence-corrected chi connectivity index (χ0v) is 9.58. The molecule has 0 amide bonds. The Kier molecular flexibility index (Phi) is 2.71. The summed E-state index contributed by atoms with van der Waals surface area (Å²) in [5, 5.41) is 1.79. The maximum absolute atomic E-state index is 5.85. The van der Waals surface area contributed by atoms with Gasteiger partial charge in [0.15, 0.2) is 0 Å². The first-order valence-electron chi connectivity index (χ1n) is 3.56. The van der Waals surface area contributed by atoms with Crippen LogP contribution in [0.1, 0.15) is 0 Å². The van der Waals surface area contributed by atoms with Crippen LogP contribution < -0.4 is 0 Å². The minimum absolute atomic E-state index is 0.0842. The van der Waals surface area contributed by atoms with Crippen LogP contribution in [0.5, 0.6) is 0 Å². The van der Waals surface area contributed by atoms with E-state index in [-0.39, 0.29) is 10.4 Å². The molecule has 0 spiro atoms. The summed E-state index contributed by atoms with van der Waals surface area (Å²) in [6.45, 7) is 0. The number of aromatic nitrogens is 2. The smallest absolute Gasteiger partial charge is 0.218 e. The van der Waals surface area contributed by atoms with Crippen molar-refractivity contribution in [2.24, 2.45) is 0 Å². The van der Waals surface area contributed by atoms with Crippen LogP contribution in [-0.4, -0.2) is 9.97 Å². The SMILES string of the molecule is Clc1nc(Cl)c2cc(Cl)c(Cl)cc2n1. The van der Waals surface area contributed by atoms with E-state index in [4.69, 9.17) is 46.4 Å². The van der Waals surface area contributed by atoms with Crippen LogP contribution in [0, 0.1) is 0 Å². The Morgan fingerprint density at radius 2 is 1.50 bits per heavy atom. The van der Waals surface area contributed by atoms with E-state index in [0.717, 1.165) is 0 Å². The standard InChI is InChI=1S/C8H2Cl4N2/c9-4-1-3-6(2-5(4)10)13-8(12)14-7(3)11/h1-2H. The van der Waals surface area contributed by atoms with Gasteiger partial charge in [0.2, 0.25) is 5.28 Å². The minimum atomic E-state index is 0.0842. The highest BCUT2D eigenvalue weighted by Crippen LogP contribution is 2.30. The van der Waals surface area contributed by atoms with Crippen molar-refractivity contribution in [3.05, 3.63) is 32.6 Å². The van der Waals surface area contributed by atoms with Crippen molar-refractivity contribution in [2.75, 3.05) is 0 Å². The summed E-state index contributed by atoms with van der Waals surface area (Å²) in [5.74, 6) is 0. The van der Waals surface area contributed by atoms with E-state index in [2.05, 4.69) is 9.97 Å². The lowest BCUT2D eigenvalue weighted by molar-refractivity contribution is 1.22. The quantitative estimate of drug-likeness (QED) is 0.527. The monoisotopic (exact) mass is 266 g/mol. The highest BCUT2D eigenvalue weighted by molar-refractivity contribution is 6.43. The van der Waals surface area contributed by atoms with Crippen molar-refractivity contribution in [1.82, 2.24) is 9.97 Å². The van der Waals surface area contributed by atoms with E-state index >= 15 is 0 Å². The number of rotatable bonds is 0. The van der Waals surface area contributed by atoms with Gasteiger partial charge in [0, 0.05) is 5.39 Å². The molecular formula is C8H2Cl4N2.